The van der Waals surface area contributed by atoms with Crippen LogP contribution in [0.3, 0.4) is 0 Å². The van der Waals surface area contributed by atoms with E-state index >= 15 is 0 Å². The fraction of sp³-hybridized carbons (Fsp3) is 0.577. The van der Waals surface area contributed by atoms with Crippen LogP contribution in [-0.4, -0.2) is 59.5 Å². The monoisotopic (exact) mass is 560 g/mol. The minimum absolute atomic E-state index is 0.0930. The quantitative estimate of drug-likeness (QED) is 0.261. The molecule has 1 fully saturated rings. The van der Waals surface area contributed by atoms with Crippen molar-refractivity contribution in [2.75, 3.05) is 26.3 Å². The number of H-pyrrole nitrogens is 1. The molecule has 39 heavy (non-hydrogen) atoms. The van der Waals surface area contributed by atoms with Crippen LogP contribution >= 0.6 is 0 Å². The lowest BCUT2D eigenvalue weighted by atomic mass is 9.84. The molecule has 0 amide bonds. The van der Waals surface area contributed by atoms with Crippen LogP contribution in [-0.2, 0) is 22.2 Å². The van der Waals surface area contributed by atoms with Gasteiger partial charge in [-0.25, -0.2) is 18.0 Å². The molecule has 3 aromatic rings. The van der Waals surface area contributed by atoms with E-state index in [0.29, 0.717) is 71.7 Å². The largest absolute Gasteiger partial charge is 0.493 e. The second-order valence-corrected chi connectivity index (χ2v) is 11.3. The van der Waals surface area contributed by atoms with Crippen LogP contribution in [0, 0.1) is 28.9 Å². The number of benzene rings is 1. The summed E-state index contributed by atoms with van der Waals surface area (Å²) in [7, 11) is -1.42. The Bertz CT molecular complexity index is 1400. The number of hydrogen-bond donors (Lipinski definition) is 1. The zero-order chi connectivity index (χ0) is 28.1. The summed E-state index contributed by atoms with van der Waals surface area (Å²) in [5.41, 5.74) is 1.31. The average molecular weight is 561 g/mol. The molecule has 13 heteroatoms. The second kappa shape index (κ2) is 12.7. The fourth-order valence-electron chi connectivity index (χ4n) is 5.14. The highest BCUT2D eigenvalue weighted by Crippen LogP contribution is 2.33. The third kappa shape index (κ3) is 6.47. The molecule has 2 atom stereocenters. The molecule has 3 heterocycles. The summed E-state index contributed by atoms with van der Waals surface area (Å²) >= 11 is 0. The number of aromatic nitrogens is 4. The third-order valence-corrected chi connectivity index (χ3v) is 8.72. The fourth-order valence-corrected chi connectivity index (χ4v) is 6.38. The van der Waals surface area contributed by atoms with Crippen molar-refractivity contribution in [2.45, 2.75) is 64.7 Å². The highest BCUT2D eigenvalue weighted by molar-refractivity contribution is 7.82. The number of aryl methyl sites for hydroxylation is 2. The van der Waals surface area contributed by atoms with E-state index < -0.39 is 16.1 Å². The van der Waals surface area contributed by atoms with Crippen molar-refractivity contribution in [1.82, 2.24) is 23.9 Å². The van der Waals surface area contributed by atoms with Gasteiger partial charge in [0.25, 0.3) is 10.6 Å². The van der Waals surface area contributed by atoms with E-state index in [-0.39, 0.29) is 18.1 Å². The average Bonchev–Trinajstić information content (AvgIpc) is 3.24. The summed E-state index contributed by atoms with van der Waals surface area (Å²) in [6.07, 6.45) is 3.86. The van der Waals surface area contributed by atoms with E-state index in [4.69, 9.17) is 9.84 Å². The molecule has 4 rings (SSSR count). The van der Waals surface area contributed by atoms with Gasteiger partial charge in [-0.2, -0.15) is 0 Å². The maximum atomic E-state index is 13.6. The topological polar surface area (TPSA) is 145 Å². The van der Waals surface area contributed by atoms with Gasteiger partial charge in [0.2, 0.25) is 0 Å². The first-order valence-corrected chi connectivity index (χ1v) is 14.5. The van der Waals surface area contributed by atoms with Gasteiger partial charge in [-0.15, -0.1) is 15.2 Å². The normalized spacial score (nSPS) is 16.3. The zero-order valence-electron chi connectivity index (χ0n) is 22.8. The maximum absolute atomic E-state index is 13.6. The molecule has 1 aliphatic heterocycles. The van der Waals surface area contributed by atoms with E-state index in [2.05, 4.69) is 21.7 Å². The molecule has 0 bridgehead atoms. The first-order valence-electron chi connectivity index (χ1n) is 13.4. The molecule has 212 valence electrons. The Kier molecular flexibility index (Phi) is 9.33. The van der Waals surface area contributed by atoms with Crippen molar-refractivity contribution in [1.29, 1.82) is 0 Å². The second-order valence-electron chi connectivity index (χ2n) is 9.86. The van der Waals surface area contributed by atoms with Crippen molar-refractivity contribution < 1.29 is 18.9 Å². The van der Waals surface area contributed by atoms with E-state index in [1.807, 2.05) is 18.2 Å². The van der Waals surface area contributed by atoms with E-state index in [0.717, 1.165) is 25.1 Å². The van der Waals surface area contributed by atoms with Crippen molar-refractivity contribution >= 4 is 16.5 Å². The number of imidazole rings is 1. The highest BCUT2D eigenvalue weighted by atomic mass is 32.2. The van der Waals surface area contributed by atoms with Gasteiger partial charge in [0.05, 0.1) is 29.4 Å². The van der Waals surface area contributed by atoms with Crippen LogP contribution in [0.4, 0.5) is 0 Å². The molecule has 0 aliphatic carbocycles. The number of nitrogens with zero attached hydrogens (tertiary/aromatic N) is 5. The number of aromatic amines is 1. The molecule has 1 aliphatic rings. The smallest absolute Gasteiger partial charge is 0.294 e. The summed E-state index contributed by atoms with van der Waals surface area (Å²) in [4.78, 5) is 35.9. The van der Waals surface area contributed by atoms with Gasteiger partial charge < -0.3 is 14.6 Å². The Morgan fingerprint density at radius 2 is 2.03 bits per heavy atom. The summed E-state index contributed by atoms with van der Waals surface area (Å²) in [6.45, 7) is 9.61. The molecule has 1 saturated heterocycles. The predicted molar refractivity (Wildman–Crippen MR) is 146 cm³/mol. The molecule has 2 aromatic heterocycles. The summed E-state index contributed by atoms with van der Waals surface area (Å²) < 4.78 is 23.0. The van der Waals surface area contributed by atoms with Crippen molar-refractivity contribution in [2.24, 2.45) is 11.8 Å². The molecule has 2 unspecified atom stereocenters. The van der Waals surface area contributed by atoms with Crippen LogP contribution in [0.25, 0.3) is 16.9 Å². The molecular weight excluding hydrogens is 524 g/mol. The molecule has 12 nitrogen and oxygen atoms in total. The van der Waals surface area contributed by atoms with Gasteiger partial charge in [-0.3, -0.25) is 4.79 Å². The number of piperidine rings is 1. The standard InChI is InChI=1S/C26H36N6O6S/c1-5-7-23-27-18(4)24-26(33)28-25(29-31(23)24)21-16-20(8-9-22(21)37-6-2)39(36)30-13-10-19(11-14-30)17(3)12-15-38-32(34)35/h8-9,16-17,19H,5-7,10-15H2,1-4H3,(H,28,29,33). The minimum atomic E-state index is -1.42. The van der Waals surface area contributed by atoms with Crippen molar-refractivity contribution in [3.63, 3.8) is 0 Å². The number of ether oxygens (including phenoxy) is 1. The lowest BCUT2D eigenvalue weighted by Crippen LogP contribution is -2.37. The predicted octanol–water partition coefficient (Wildman–Crippen LogP) is 3.71. The lowest BCUT2D eigenvalue weighted by molar-refractivity contribution is -0.758. The van der Waals surface area contributed by atoms with Gasteiger partial charge in [0, 0.05) is 19.5 Å². The Morgan fingerprint density at radius 3 is 2.69 bits per heavy atom. The van der Waals surface area contributed by atoms with Crippen LogP contribution in [0.1, 0.15) is 58.0 Å². The lowest BCUT2D eigenvalue weighted by Gasteiger charge is -2.34. The Labute approximate surface area is 229 Å². The number of rotatable bonds is 12. The molecule has 0 saturated carbocycles. The summed E-state index contributed by atoms with van der Waals surface area (Å²) in [5.74, 6) is 2.26. The van der Waals surface area contributed by atoms with E-state index in [1.165, 1.54) is 0 Å². The summed E-state index contributed by atoms with van der Waals surface area (Å²) in [5, 5.41) is 14.4. The number of nitrogens with one attached hydrogen (secondary N) is 1. The Hall–Kier alpha value is -3.32. The molecule has 0 spiro atoms. The van der Waals surface area contributed by atoms with Crippen molar-refractivity contribution in [3.05, 3.63) is 50.2 Å². The van der Waals surface area contributed by atoms with E-state index in [1.54, 1.807) is 29.6 Å². The van der Waals surface area contributed by atoms with Crippen LogP contribution in [0.5, 0.6) is 5.75 Å². The molecule has 1 N–H and O–H groups in total. The van der Waals surface area contributed by atoms with E-state index in [9.17, 15) is 19.1 Å². The number of fused-ring (bicyclic) bond motifs is 1. The molecule has 0 radical (unpaired) electrons. The first-order chi connectivity index (χ1) is 18.7. The van der Waals surface area contributed by atoms with Gasteiger partial charge >= 0.3 is 0 Å². The van der Waals surface area contributed by atoms with Crippen LogP contribution in [0.2, 0.25) is 0 Å². The number of hydrogen-bond acceptors (Lipinski definition) is 8. The minimum Gasteiger partial charge on any atom is -0.493 e. The van der Waals surface area contributed by atoms with Crippen LogP contribution < -0.4 is 10.3 Å². The Morgan fingerprint density at radius 1 is 1.28 bits per heavy atom. The maximum Gasteiger partial charge on any atom is 0.294 e. The first kappa shape index (κ1) is 28.7. The van der Waals surface area contributed by atoms with Gasteiger partial charge in [-0.1, -0.05) is 13.8 Å². The van der Waals surface area contributed by atoms with Gasteiger partial charge in [-0.05, 0) is 69.6 Å². The van der Waals surface area contributed by atoms with Crippen LogP contribution in [0.15, 0.2) is 27.9 Å². The SMILES string of the molecule is CCCc1nc(C)c2c(=O)[nH]c(-c3cc(S(=O)N4CCC(C(C)CCO[N+](=O)[O-])CC4)ccc3OCC)nn12. The molecule has 1 aromatic carbocycles. The Balaban J connectivity index is 1.57. The van der Waals surface area contributed by atoms with Crippen molar-refractivity contribution in [3.8, 4) is 17.1 Å². The van der Waals surface area contributed by atoms with Gasteiger partial charge in [0.15, 0.2) is 11.3 Å². The molecular formula is C26H36N6O6S. The third-order valence-electron chi connectivity index (χ3n) is 7.23. The zero-order valence-corrected chi connectivity index (χ0v) is 23.7. The summed E-state index contributed by atoms with van der Waals surface area (Å²) in [6, 6.07) is 5.33. The van der Waals surface area contributed by atoms with Gasteiger partial charge in [0.1, 0.15) is 22.6 Å². The highest BCUT2D eigenvalue weighted by Gasteiger charge is 2.28.